The van der Waals surface area contributed by atoms with Gasteiger partial charge < -0.3 is 20.8 Å². The number of anilines is 1. The first kappa shape index (κ1) is 13.3. The molecule has 3 aromatic rings. The first-order valence-corrected chi connectivity index (χ1v) is 7.26. The van der Waals surface area contributed by atoms with Gasteiger partial charge in [0.1, 0.15) is 17.9 Å². The number of hydrogen-bond acceptors (Lipinski definition) is 5. The van der Waals surface area contributed by atoms with Crippen molar-refractivity contribution in [2.45, 2.75) is 18.7 Å². The molecule has 6 nitrogen and oxygen atoms in total. The minimum atomic E-state index is -1.06. The van der Waals surface area contributed by atoms with Crippen molar-refractivity contribution in [3.63, 3.8) is 0 Å². The van der Waals surface area contributed by atoms with E-state index in [1.165, 1.54) is 0 Å². The van der Waals surface area contributed by atoms with Crippen LogP contribution >= 0.6 is 0 Å². The number of nitrogens with two attached hydrogens (primary N) is 1. The Hall–Kier alpha value is -2.41. The number of pyridine rings is 2. The molecule has 1 aliphatic heterocycles. The number of aromatic amines is 1. The summed E-state index contributed by atoms with van der Waals surface area (Å²) in [6.07, 6.45) is 2.37. The van der Waals surface area contributed by atoms with Gasteiger partial charge in [0.15, 0.2) is 11.6 Å². The summed E-state index contributed by atoms with van der Waals surface area (Å²) >= 11 is 0. The SMILES string of the molecule is Nc1ncc2[nH]c3ncccc3c2c1O[C@H]1CCNC[C@H]1F. The van der Waals surface area contributed by atoms with E-state index in [-0.39, 0.29) is 5.82 Å². The number of nitrogens with zero attached hydrogens (tertiary/aromatic N) is 2. The van der Waals surface area contributed by atoms with Crippen LogP contribution in [0.2, 0.25) is 0 Å². The van der Waals surface area contributed by atoms with E-state index in [4.69, 9.17) is 10.5 Å². The van der Waals surface area contributed by atoms with Gasteiger partial charge in [-0.1, -0.05) is 0 Å². The zero-order chi connectivity index (χ0) is 15.1. The quantitative estimate of drug-likeness (QED) is 0.671. The van der Waals surface area contributed by atoms with Gasteiger partial charge >= 0.3 is 0 Å². The Morgan fingerprint density at radius 3 is 3.14 bits per heavy atom. The van der Waals surface area contributed by atoms with Gasteiger partial charge in [-0.2, -0.15) is 0 Å². The second-order valence-electron chi connectivity index (χ2n) is 5.45. The summed E-state index contributed by atoms with van der Waals surface area (Å²) in [6, 6.07) is 3.78. The summed E-state index contributed by atoms with van der Waals surface area (Å²) in [7, 11) is 0. The molecule has 2 atom stereocenters. The van der Waals surface area contributed by atoms with E-state index in [9.17, 15) is 4.39 Å². The van der Waals surface area contributed by atoms with E-state index >= 15 is 0 Å². The van der Waals surface area contributed by atoms with Gasteiger partial charge in [0.05, 0.1) is 17.1 Å². The van der Waals surface area contributed by atoms with Gasteiger partial charge in [-0.05, 0) is 25.1 Å². The third-order valence-corrected chi connectivity index (χ3v) is 4.01. The standard InChI is InChI=1S/C15H16FN5O/c16-9-6-18-5-3-11(9)22-13-12-8-2-1-4-19-15(8)21-10(12)7-20-14(13)17/h1-2,4,7,9,11,18H,3,5-6H2,(H2,17,20)(H,19,21)/t9-,11+/m1/s1. The number of ether oxygens (including phenoxy) is 1. The van der Waals surface area contributed by atoms with Gasteiger partial charge in [-0.25, -0.2) is 14.4 Å². The molecule has 22 heavy (non-hydrogen) atoms. The Morgan fingerprint density at radius 2 is 2.27 bits per heavy atom. The number of alkyl halides is 1. The number of nitrogens with one attached hydrogen (secondary N) is 2. The van der Waals surface area contributed by atoms with Crippen LogP contribution in [-0.4, -0.2) is 40.3 Å². The fraction of sp³-hybridized carbons (Fsp3) is 0.333. The second-order valence-corrected chi connectivity index (χ2v) is 5.45. The minimum absolute atomic E-state index is 0.267. The molecule has 4 rings (SSSR count). The smallest absolute Gasteiger partial charge is 0.171 e. The van der Waals surface area contributed by atoms with Crippen molar-refractivity contribution in [1.82, 2.24) is 20.3 Å². The molecule has 0 unspecified atom stereocenters. The molecule has 0 amide bonds. The highest BCUT2D eigenvalue weighted by molar-refractivity contribution is 6.10. The monoisotopic (exact) mass is 301 g/mol. The van der Waals surface area contributed by atoms with Crippen LogP contribution in [0.4, 0.5) is 10.2 Å². The summed E-state index contributed by atoms with van der Waals surface area (Å²) in [5.74, 6) is 0.703. The molecule has 0 radical (unpaired) electrons. The van der Waals surface area contributed by atoms with Crippen LogP contribution in [0.1, 0.15) is 6.42 Å². The fourth-order valence-corrected chi connectivity index (χ4v) is 2.90. The van der Waals surface area contributed by atoms with Gasteiger partial charge in [0, 0.05) is 18.1 Å². The van der Waals surface area contributed by atoms with Gasteiger partial charge in [0.25, 0.3) is 0 Å². The van der Waals surface area contributed by atoms with Crippen LogP contribution < -0.4 is 15.8 Å². The molecule has 1 aliphatic rings. The summed E-state index contributed by atoms with van der Waals surface area (Å²) in [5.41, 5.74) is 7.50. The van der Waals surface area contributed by atoms with Crippen molar-refractivity contribution in [1.29, 1.82) is 0 Å². The molecule has 1 saturated heterocycles. The molecule has 0 bridgehead atoms. The van der Waals surface area contributed by atoms with Crippen molar-refractivity contribution >= 4 is 27.8 Å². The highest BCUT2D eigenvalue weighted by atomic mass is 19.1. The van der Waals surface area contributed by atoms with Crippen LogP contribution in [0, 0.1) is 0 Å². The zero-order valence-corrected chi connectivity index (χ0v) is 11.8. The molecule has 4 heterocycles. The molecule has 0 aliphatic carbocycles. The van der Waals surface area contributed by atoms with Crippen LogP contribution in [0.3, 0.4) is 0 Å². The lowest BCUT2D eigenvalue weighted by Crippen LogP contribution is -2.44. The second kappa shape index (κ2) is 5.10. The van der Waals surface area contributed by atoms with E-state index < -0.39 is 12.3 Å². The third-order valence-electron chi connectivity index (χ3n) is 4.01. The van der Waals surface area contributed by atoms with Crippen LogP contribution in [0.15, 0.2) is 24.5 Å². The molecule has 4 N–H and O–H groups in total. The maximum Gasteiger partial charge on any atom is 0.171 e. The summed E-state index contributed by atoms with van der Waals surface area (Å²) < 4.78 is 20.0. The number of hydrogen-bond donors (Lipinski definition) is 3. The summed E-state index contributed by atoms with van der Waals surface area (Å²) in [4.78, 5) is 11.6. The largest absolute Gasteiger partial charge is 0.483 e. The molecule has 0 saturated carbocycles. The number of halogens is 1. The zero-order valence-electron chi connectivity index (χ0n) is 11.8. The highest BCUT2D eigenvalue weighted by Crippen LogP contribution is 2.36. The number of nitrogen functional groups attached to an aromatic ring is 1. The van der Waals surface area contributed by atoms with Crippen molar-refractivity contribution in [3.05, 3.63) is 24.5 Å². The van der Waals surface area contributed by atoms with Crippen molar-refractivity contribution in [2.24, 2.45) is 0 Å². The van der Waals surface area contributed by atoms with Crippen LogP contribution in [-0.2, 0) is 0 Å². The molecular formula is C15H16FN5O. The highest BCUT2D eigenvalue weighted by Gasteiger charge is 2.28. The average molecular weight is 301 g/mol. The Balaban J connectivity index is 1.86. The Kier molecular flexibility index (Phi) is 3.07. The Bertz CT molecular complexity index is 833. The molecule has 0 aromatic carbocycles. The molecule has 114 valence electrons. The number of piperidine rings is 1. The topological polar surface area (TPSA) is 88.9 Å². The Morgan fingerprint density at radius 1 is 1.36 bits per heavy atom. The normalized spacial score (nSPS) is 22.2. The number of fused-ring (bicyclic) bond motifs is 3. The number of aromatic nitrogens is 3. The molecule has 3 aromatic heterocycles. The van der Waals surface area contributed by atoms with Crippen molar-refractivity contribution in [2.75, 3.05) is 18.8 Å². The van der Waals surface area contributed by atoms with E-state index in [1.807, 2.05) is 12.1 Å². The van der Waals surface area contributed by atoms with E-state index in [0.717, 1.165) is 28.5 Å². The lowest BCUT2D eigenvalue weighted by Gasteiger charge is -2.27. The third kappa shape index (κ3) is 2.05. The van der Waals surface area contributed by atoms with Gasteiger partial charge in [-0.15, -0.1) is 0 Å². The lowest BCUT2D eigenvalue weighted by atomic mass is 10.1. The van der Waals surface area contributed by atoms with Crippen molar-refractivity contribution in [3.8, 4) is 5.75 Å². The predicted octanol–water partition coefficient (Wildman–Crippen LogP) is 1.77. The average Bonchev–Trinajstić information content (AvgIpc) is 2.91. The van der Waals surface area contributed by atoms with E-state index in [0.29, 0.717) is 18.7 Å². The molecule has 1 fully saturated rings. The van der Waals surface area contributed by atoms with Gasteiger partial charge in [-0.3, -0.25) is 0 Å². The Labute approximate surface area is 125 Å². The minimum Gasteiger partial charge on any atom is -0.483 e. The first-order chi connectivity index (χ1) is 10.7. The van der Waals surface area contributed by atoms with E-state index in [2.05, 4.69) is 20.3 Å². The molecular weight excluding hydrogens is 285 g/mol. The predicted molar refractivity (Wildman–Crippen MR) is 82.6 cm³/mol. The van der Waals surface area contributed by atoms with Crippen LogP contribution in [0.25, 0.3) is 21.9 Å². The summed E-state index contributed by atoms with van der Waals surface area (Å²) in [6.45, 7) is 1.02. The number of rotatable bonds is 2. The fourth-order valence-electron chi connectivity index (χ4n) is 2.90. The molecule has 0 spiro atoms. The molecule has 7 heteroatoms. The van der Waals surface area contributed by atoms with E-state index in [1.54, 1.807) is 12.4 Å². The number of H-pyrrole nitrogens is 1. The van der Waals surface area contributed by atoms with Crippen molar-refractivity contribution < 1.29 is 9.13 Å². The maximum atomic E-state index is 14.0. The maximum absolute atomic E-state index is 14.0. The summed E-state index contributed by atoms with van der Waals surface area (Å²) in [5, 5.41) is 4.71. The van der Waals surface area contributed by atoms with Gasteiger partial charge in [0.2, 0.25) is 0 Å². The first-order valence-electron chi connectivity index (χ1n) is 7.26. The van der Waals surface area contributed by atoms with Crippen LogP contribution in [0.5, 0.6) is 5.75 Å². The lowest BCUT2D eigenvalue weighted by molar-refractivity contribution is 0.0748.